The van der Waals surface area contributed by atoms with Gasteiger partial charge in [-0.1, -0.05) is 44.2 Å². The number of para-hydroxylation sites is 1. The number of esters is 1. The van der Waals surface area contributed by atoms with E-state index in [1.54, 1.807) is 43.0 Å². The highest BCUT2D eigenvalue weighted by Crippen LogP contribution is 2.30. The van der Waals surface area contributed by atoms with Crippen LogP contribution in [-0.2, 0) is 20.7 Å². The number of hydrogen-bond acceptors (Lipinski definition) is 5. The Balaban J connectivity index is 1.52. The lowest BCUT2D eigenvalue weighted by atomic mass is 10.0. The van der Waals surface area contributed by atoms with Gasteiger partial charge >= 0.3 is 5.97 Å². The molecule has 31 heavy (non-hydrogen) atoms. The Labute approximate surface area is 180 Å². The van der Waals surface area contributed by atoms with Gasteiger partial charge in [-0.15, -0.1) is 0 Å². The zero-order chi connectivity index (χ0) is 22.3. The molecule has 2 aliphatic heterocycles. The number of hydrogen-bond donors (Lipinski definition) is 0. The highest BCUT2D eigenvalue weighted by molar-refractivity contribution is 6.22. The third-order valence-electron chi connectivity index (χ3n) is 5.77. The second-order valence-electron chi connectivity index (χ2n) is 8.16. The van der Waals surface area contributed by atoms with Crippen molar-refractivity contribution in [3.8, 4) is 0 Å². The van der Waals surface area contributed by atoms with Crippen LogP contribution in [0.3, 0.4) is 0 Å². The quantitative estimate of drug-likeness (QED) is 0.549. The fourth-order valence-corrected chi connectivity index (χ4v) is 4.22. The second-order valence-corrected chi connectivity index (χ2v) is 8.16. The van der Waals surface area contributed by atoms with Gasteiger partial charge in [-0.25, -0.2) is 4.79 Å². The van der Waals surface area contributed by atoms with Crippen LogP contribution in [0.2, 0.25) is 0 Å². The number of carbonyl (C=O) groups excluding carboxylic acids is 4. The molecule has 0 aliphatic carbocycles. The summed E-state index contributed by atoms with van der Waals surface area (Å²) in [6.07, 6.45) is -0.304. The van der Waals surface area contributed by atoms with E-state index in [2.05, 4.69) is 0 Å². The van der Waals surface area contributed by atoms with Crippen molar-refractivity contribution in [1.82, 2.24) is 4.90 Å². The first-order valence-corrected chi connectivity index (χ1v) is 10.4. The van der Waals surface area contributed by atoms with Crippen molar-refractivity contribution in [2.24, 2.45) is 5.92 Å². The maximum absolute atomic E-state index is 13.1. The molecule has 0 N–H and O–H groups in total. The molecule has 0 unspecified atom stereocenters. The van der Waals surface area contributed by atoms with E-state index in [4.69, 9.17) is 4.74 Å². The minimum atomic E-state index is -1.12. The largest absolute Gasteiger partial charge is 0.451 e. The number of benzene rings is 2. The van der Waals surface area contributed by atoms with E-state index in [1.165, 1.54) is 6.92 Å². The van der Waals surface area contributed by atoms with E-state index in [0.717, 1.165) is 22.6 Å². The Morgan fingerprint density at radius 1 is 0.903 bits per heavy atom. The Hall–Kier alpha value is -3.48. The molecule has 0 radical (unpaired) electrons. The molecule has 0 spiro atoms. The van der Waals surface area contributed by atoms with Crippen LogP contribution in [0.1, 0.15) is 47.1 Å². The predicted octanol–water partition coefficient (Wildman–Crippen LogP) is 2.83. The van der Waals surface area contributed by atoms with Crippen LogP contribution >= 0.6 is 0 Å². The van der Waals surface area contributed by atoms with Crippen molar-refractivity contribution >= 4 is 29.4 Å². The number of imide groups is 1. The molecule has 3 amide bonds. The van der Waals surface area contributed by atoms with Gasteiger partial charge < -0.3 is 9.64 Å². The fourth-order valence-electron chi connectivity index (χ4n) is 4.22. The highest BCUT2D eigenvalue weighted by Gasteiger charge is 2.45. The third-order valence-corrected chi connectivity index (χ3v) is 5.77. The summed E-state index contributed by atoms with van der Waals surface area (Å²) in [5, 5.41) is 0. The van der Waals surface area contributed by atoms with Crippen molar-refractivity contribution in [2.75, 3.05) is 11.4 Å². The molecule has 2 aromatic carbocycles. The van der Waals surface area contributed by atoms with Crippen LogP contribution in [0.25, 0.3) is 0 Å². The summed E-state index contributed by atoms with van der Waals surface area (Å²) in [6, 6.07) is 13.0. The lowest BCUT2D eigenvalue weighted by molar-refractivity contribution is -0.159. The number of nitrogens with zero attached hydrogens (tertiary/aromatic N) is 2. The summed E-state index contributed by atoms with van der Waals surface area (Å²) in [7, 11) is 0. The molecule has 0 bridgehead atoms. The van der Waals surface area contributed by atoms with Gasteiger partial charge in [-0.3, -0.25) is 19.3 Å². The molecule has 2 aliphatic rings. The summed E-state index contributed by atoms with van der Waals surface area (Å²) < 4.78 is 5.49. The standard InChI is InChI=1S/C24H24N2O5/c1-14(2)20(26-22(28)17-9-5-6-10-18(17)23(26)29)24(30)31-15(3)21(27)25-13-12-16-8-4-7-11-19(16)25/h4-11,14-15,20H,12-13H2,1-3H3/t15-,20+/m1/s1. The average Bonchev–Trinajstić information content (AvgIpc) is 3.28. The number of fused-ring (bicyclic) bond motifs is 2. The zero-order valence-electron chi connectivity index (χ0n) is 17.7. The normalized spacial score (nSPS) is 16.9. The molecule has 2 atom stereocenters. The van der Waals surface area contributed by atoms with Gasteiger partial charge in [-0.05, 0) is 43.0 Å². The van der Waals surface area contributed by atoms with Gasteiger partial charge in [0.2, 0.25) is 0 Å². The number of carbonyl (C=O) groups is 4. The van der Waals surface area contributed by atoms with Crippen molar-refractivity contribution in [2.45, 2.75) is 39.3 Å². The highest BCUT2D eigenvalue weighted by atomic mass is 16.5. The summed E-state index contributed by atoms with van der Waals surface area (Å²) in [5.41, 5.74) is 2.42. The van der Waals surface area contributed by atoms with Crippen molar-refractivity contribution in [3.05, 3.63) is 65.2 Å². The summed E-state index contributed by atoms with van der Waals surface area (Å²) in [4.78, 5) is 54.3. The van der Waals surface area contributed by atoms with Gasteiger partial charge in [0, 0.05) is 12.2 Å². The molecule has 7 heteroatoms. The molecule has 2 heterocycles. The molecule has 2 aromatic rings. The number of ether oxygens (including phenoxy) is 1. The molecule has 0 saturated heterocycles. The maximum atomic E-state index is 13.1. The zero-order valence-corrected chi connectivity index (χ0v) is 17.7. The van der Waals surface area contributed by atoms with Gasteiger partial charge in [0.05, 0.1) is 11.1 Å². The van der Waals surface area contributed by atoms with Gasteiger partial charge in [-0.2, -0.15) is 0 Å². The molecule has 0 aromatic heterocycles. The topological polar surface area (TPSA) is 84.0 Å². The SMILES string of the molecule is CC(C)[C@@H](C(=O)O[C@H](C)C(=O)N1CCc2ccccc21)N1C(=O)c2ccccc2C1=O. The minimum Gasteiger partial charge on any atom is -0.451 e. The predicted molar refractivity (Wildman–Crippen MR) is 114 cm³/mol. The summed E-state index contributed by atoms with van der Waals surface area (Å²) >= 11 is 0. The number of rotatable bonds is 5. The van der Waals surface area contributed by atoms with Gasteiger partial charge in [0.25, 0.3) is 17.7 Å². The van der Waals surface area contributed by atoms with Crippen LogP contribution in [0.15, 0.2) is 48.5 Å². The minimum absolute atomic E-state index is 0.267. The molecule has 160 valence electrons. The van der Waals surface area contributed by atoms with Crippen LogP contribution in [0.5, 0.6) is 0 Å². The number of amides is 3. The van der Waals surface area contributed by atoms with Crippen molar-refractivity contribution in [3.63, 3.8) is 0 Å². The smallest absolute Gasteiger partial charge is 0.330 e. The molecule has 0 fully saturated rings. The van der Waals surface area contributed by atoms with E-state index in [1.807, 2.05) is 24.3 Å². The molecular weight excluding hydrogens is 396 g/mol. The van der Waals surface area contributed by atoms with Crippen LogP contribution in [0.4, 0.5) is 5.69 Å². The third kappa shape index (κ3) is 3.50. The van der Waals surface area contributed by atoms with E-state index < -0.39 is 29.9 Å². The number of anilines is 1. The first-order valence-electron chi connectivity index (χ1n) is 10.4. The molecule has 7 nitrogen and oxygen atoms in total. The average molecular weight is 420 g/mol. The Morgan fingerprint density at radius 3 is 2.10 bits per heavy atom. The summed E-state index contributed by atoms with van der Waals surface area (Å²) in [6.45, 7) is 5.50. The van der Waals surface area contributed by atoms with Crippen molar-refractivity contribution < 1.29 is 23.9 Å². The Bertz CT molecular complexity index is 1040. The molecule has 0 saturated carbocycles. The monoisotopic (exact) mass is 420 g/mol. The Morgan fingerprint density at radius 2 is 1.48 bits per heavy atom. The van der Waals surface area contributed by atoms with Crippen LogP contribution in [-0.4, -0.2) is 47.3 Å². The lowest BCUT2D eigenvalue weighted by Gasteiger charge is -2.29. The van der Waals surface area contributed by atoms with Crippen LogP contribution in [0, 0.1) is 5.92 Å². The van der Waals surface area contributed by atoms with E-state index in [9.17, 15) is 19.2 Å². The lowest BCUT2D eigenvalue weighted by Crippen LogP contribution is -2.50. The first-order chi connectivity index (χ1) is 14.8. The second kappa shape index (κ2) is 7.98. The Kier molecular flexibility index (Phi) is 5.35. The van der Waals surface area contributed by atoms with Gasteiger partial charge in [0.15, 0.2) is 6.10 Å². The molecular formula is C24H24N2O5. The fraction of sp³-hybridized carbons (Fsp3) is 0.333. The van der Waals surface area contributed by atoms with E-state index in [-0.39, 0.29) is 23.0 Å². The molecule has 4 rings (SSSR count). The maximum Gasteiger partial charge on any atom is 0.330 e. The van der Waals surface area contributed by atoms with Crippen LogP contribution < -0.4 is 4.90 Å². The van der Waals surface area contributed by atoms with Crippen molar-refractivity contribution in [1.29, 1.82) is 0 Å². The first kappa shape index (κ1) is 20.8. The van der Waals surface area contributed by atoms with Gasteiger partial charge in [0.1, 0.15) is 6.04 Å². The van der Waals surface area contributed by atoms with E-state index in [0.29, 0.717) is 6.54 Å². The van der Waals surface area contributed by atoms with E-state index >= 15 is 0 Å². The summed E-state index contributed by atoms with van der Waals surface area (Å²) in [5.74, 6) is -2.53.